The number of carbonyl (C=O) groups excluding carboxylic acids is 1. The van der Waals surface area contributed by atoms with E-state index in [9.17, 15) is 13.2 Å². The van der Waals surface area contributed by atoms with Gasteiger partial charge in [0.15, 0.2) is 15.6 Å². The van der Waals surface area contributed by atoms with Gasteiger partial charge in [0.2, 0.25) is 0 Å². The second kappa shape index (κ2) is 8.19. The molecule has 5 heteroatoms. The molecule has 0 aliphatic rings. The van der Waals surface area contributed by atoms with Crippen molar-refractivity contribution in [2.45, 2.75) is 21.9 Å². The summed E-state index contributed by atoms with van der Waals surface area (Å²) < 4.78 is 26.9. The average molecular weight is 443 g/mol. The van der Waals surface area contributed by atoms with Crippen molar-refractivity contribution in [2.24, 2.45) is 0 Å². The molecule has 3 aromatic carbocycles. The summed E-state index contributed by atoms with van der Waals surface area (Å²) >= 11 is 3.40. The molecule has 0 radical (unpaired) electrons. The lowest BCUT2D eigenvalue weighted by atomic mass is 10.0. The van der Waals surface area contributed by atoms with Crippen molar-refractivity contribution >= 4 is 31.6 Å². The van der Waals surface area contributed by atoms with Gasteiger partial charge in [0, 0.05) is 5.56 Å². The van der Waals surface area contributed by atoms with Gasteiger partial charge in [0.05, 0.1) is 9.72 Å². The molecule has 0 bridgehead atoms. The fraction of sp³-hybridized carbons (Fsp3) is 0.136. The molecule has 2 atom stereocenters. The average Bonchev–Trinajstić information content (AvgIpc) is 2.69. The Balaban J connectivity index is 2.09. The lowest BCUT2D eigenvalue weighted by Gasteiger charge is -2.23. The number of ketones is 1. The van der Waals surface area contributed by atoms with Crippen molar-refractivity contribution in [1.29, 1.82) is 0 Å². The van der Waals surface area contributed by atoms with E-state index < -0.39 is 19.9 Å². The van der Waals surface area contributed by atoms with E-state index in [2.05, 4.69) is 15.9 Å². The molecule has 27 heavy (non-hydrogen) atoms. The van der Waals surface area contributed by atoms with Gasteiger partial charge in [-0.2, -0.15) is 0 Å². The number of hydrogen-bond acceptors (Lipinski definition) is 3. The maximum atomic E-state index is 13.4. The van der Waals surface area contributed by atoms with Gasteiger partial charge in [0.1, 0.15) is 5.25 Å². The van der Waals surface area contributed by atoms with E-state index in [0.717, 1.165) is 5.56 Å². The summed E-state index contributed by atoms with van der Waals surface area (Å²) in [6, 6.07) is 24.3. The van der Waals surface area contributed by atoms with E-state index in [-0.39, 0.29) is 10.7 Å². The van der Waals surface area contributed by atoms with Crippen LogP contribution in [0.3, 0.4) is 0 Å². The summed E-state index contributed by atoms with van der Waals surface area (Å²) in [5.74, 6) is -0.264. The Kier molecular flexibility index (Phi) is 5.92. The first-order chi connectivity index (χ1) is 12.9. The predicted octanol–water partition coefficient (Wildman–Crippen LogP) is 5.16. The van der Waals surface area contributed by atoms with Crippen LogP contribution < -0.4 is 0 Å². The molecule has 0 saturated carbocycles. The van der Waals surface area contributed by atoms with Crippen LogP contribution >= 0.6 is 15.9 Å². The van der Waals surface area contributed by atoms with Crippen molar-refractivity contribution in [3.8, 4) is 0 Å². The molecule has 0 saturated heterocycles. The smallest absolute Gasteiger partial charge is 0.186 e. The van der Waals surface area contributed by atoms with Crippen molar-refractivity contribution < 1.29 is 13.2 Å². The number of sulfone groups is 1. The zero-order valence-electron chi connectivity index (χ0n) is 14.7. The third-order valence-electron chi connectivity index (χ3n) is 4.39. The van der Waals surface area contributed by atoms with E-state index in [4.69, 9.17) is 0 Å². The Bertz CT molecular complexity index is 1010. The molecule has 0 spiro atoms. The largest absolute Gasteiger partial charge is 0.293 e. The molecule has 0 heterocycles. The summed E-state index contributed by atoms with van der Waals surface area (Å²) in [6.07, 6.45) is 0. The fourth-order valence-electron chi connectivity index (χ4n) is 2.92. The quantitative estimate of drug-likeness (QED) is 0.391. The molecule has 0 fully saturated rings. The maximum absolute atomic E-state index is 13.4. The Labute approximate surface area is 168 Å². The lowest BCUT2D eigenvalue weighted by Crippen LogP contribution is -2.29. The van der Waals surface area contributed by atoms with E-state index >= 15 is 0 Å². The second-order valence-corrected chi connectivity index (χ2v) is 9.38. The topological polar surface area (TPSA) is 51.2 Å². The van der Waals surface area contributed by atoms with Crippen LogP contribution in [0.25, 0.3) is 0 Å². The van der Waals surface area contributed by atoms with Gasteiger partial charge in [-0.15, -0.1) is 0 Å². The molecule has 3 rings (SSSR count). The highest BCUT2D eigenvalue weighted by atomic mass is 79.9. The molecule has 0 aliphatic heterocycles. The number of rotatable bonds is 6. The monoisotopic (exact) mass is 442 g/mol. The van der Waals surface area contributed by atoms with Gasteiger partial charge in [-0.3, -0.25) is 4.79 Å². The van der Waals surface area contributed by atoms with E-state index in [1.54, 1.807) is 72.8 Å². The van der Waals surface area contributed by atoms with Gasteiger partial charge in [-0.25, -0.2) is 8.42 Å². The van der Waals surface area contributed by atoms with Crippen molar-refractivity contribution in [3.05, 3.63) is 102 Å². The first kappa shape index (κ1) is 19.5. The van der Waals surface area contributed by atoms with Crippen LogP contribution in [0.15, 0.2) is 89.8 Å². The molecule has 138 valence electrons. The van der Waals surface area contributed by atoms with Crippen LogP contribution in [-0.2, 0) is 9.84 Å². The molecule has 3 nitrogen and oxygen atoms in total. The lowest BCUT2D eigenvalue weighted by molar-refractivity contribution is 0.0989. The minimum absolute atomic E-state index is 0.201. The Hall–Kier alpha value is -2.24. The molecule has 0 amide bonds. The summed E-state index contributed by atoms with van der Waals surface area (Å²) in [4.78, 5) is 12.3. The van der Waals surface area contributed by atoms with Crippen LogP contribution in [0.4, 0.5) is 0 Å². The number of aryl methyl sites for hydroxylation is 1. The van der Waals surface area contributed by atoms with Crippen molar-refractivity contribution in [2.75, 3.05) is 0 Å². The second-order valence-electron chi connectivity index (χ2n) is 6.32. The van der Waals surface area contributed by atoms with Crippen molar-refractivity contribution in [3.63, 3.8) is 0 Å². The van der Waals surface area contributed by atoms with Gasteiger partial charge < -0.3 is 0 Å². The molecular formula is C22H19BrO3S. The minimum atomic E-state index is -3.79. The van der Waals surface area contributed by atoms with Gasteiger partial charge >= 0.3 is 0 Å². The Morgan fingerprint density at radius 3 is 1.89 bits per heavy atom. The Morgan fingerprint density at radius 2 is 1.33 bits per heavy atom. The van der Waals surface area contributed by atoms with Gasteiger partial charge in [-0.05, 0) is 24.6 Å². The van der Waals surface area contributed by atoms with E-state index in [1.165, 1.54) is 0 Å². The molecule has 0 aliphatic carbocycles. The Morgan fingerprint density at radius 1 is 0.815 bits per heavy atom. The first-order valence-corrected chi connectivity index (χ1v) is 11.0. The zero-order valence-corrected chi connectivity index (χ0v) is 17.2. The standard InChI is InChI=1S/C22H19BrO3S/c1-16-12-14-19(15-13-16)27(25,26)22(18-10-6-3-7-11-18)20(23)21(24)17-8-4-2-5-9-17/h2-15,20,22H,1H3/t20-,22-/m1/s1. The minimum Gasteiger partial charge on any atom is -0.293 e. The predicted molar refractivity (Wildman–Crippen MR) is 111 cm³/mol. The molecule has 3 aromatic rings. The number of hydrogen-bond donors (Lipinski definition) is 0. The molecule has 0 N–H and O–H groups in total. The van der Waals surface area contributed by atoms with Gasteiger partial charge in [0.25, 0.3) is 0 Å². The van der Waals surface area contributed by atoms with E-state index in [1.807, 2.05) is 19.1 Å². The number of Topliss-reactive ketones (excluding diaryl/α,β-unsaturated/α-hetero) is 1. The van der Waals surface area contributed by atoms with Crippen LogP contribution in [0, 0.1) is 6.92 Å². The summed E-state index contributed by atoms with van der Waals surface area (Å²) in [5, 5.41) is -1.03. The highest BCUT2D eigenvalue weighted by Crippen LogP contribution is 2.37. The van der Waals surface area contributed by atoms with Crippen LogP contribution in [-0.4, -0.2) is 19.0 Å². The third-order valence-corrected chi connectivity index (χ3v) is 7.82. The van der Waals surface area contributed by atoms with Gasteiger partial charge in [-0.1, -0.05) is 94.3 Å². The molecule has 0 unspecified atom stereocenters. The highest BCUT2D eigenvalue weighted by molar-refractivity contribution is 9.10. The third kappa shape index (κ3) is 4.20. The molecule has 0 aromatic heterocycles. The summed E-state index contributed by atoms with van der Waals surface area (Å²) in [7, 11) is -3.79. The summed E-state index contributed by atoms with van der Waals surface area (Å²) in [5.41, 5.74) is 2.02. The first-order valence-electron chi connectivity index (χ1n) is 8.50. The summed E-state index contributed by atoms with van der Waals surface area (Å²) in [6.45, 7) is 1.90. The number of halogens is 1. The van der Waals surface area contributed by atoms with Crippen LogP contribution in [0.5, 0.6) is 0 Å². The van der Waals surface area contributed by atoms with E-state index in [0.29, 0.717) is 11.1 Å². The zero-order chi connectivity index (χ0) is 19.4. The number of benzene rings is 3. The normalized spacial score (nSPS) is 13.7. The molecular weight excluding hydrogens is 424 g/mol. The maximum Gasteiger partial charge on any atom is 0.186 e. The SMILES string of the molecule is Cc1ccc(S(=O)(=O)[C@H](c2ccccc2)[C@H](Br)C(=O)c2ccccc2)cc1. The highest BCUT2D eigenvalue weighted by Gasteiger charge is 2.38. The van der Waals surface area contributed by atoms with Crippen LogP contribution in [0.1, 0.15) is 26.7 Å². The van der Waals surface area contributed by atoms with Crippen LogP contribution in [0.2, 0.25) is 0 Å². The number of alkyl halides is 1. The number of carbonyl (C=O) groups is 1. The van der Waals surface area contributed by atoms with Crippen molar-refractivity contribution in [1.82, 2.24) is 0 Å². The fourth-order valence-corrected chi connectivity index (χ4v) is 6.11.